The molecule has 0 bridgehead atoms. The zero-order valence-electron chi connectivity index (χ0n) is 8.91. The summed E-state index contributed by atoms with van der Waals surface area (Å²) in [5.41, 5.74) is 0. The van der Waals surface area contributed by atoms with Gasteiger partial charge < -0.3 is 25.5 Å². The largest absolute Gasteiger partial charge is 0.481 e. The minimum Gasteiger partial charge on any atom is -0.481 e. The van der Waals surface area contributed by atoms with Crippen molar-refractivity contribution in [1.29, 1.82) is 0 Å². The molecule has 0 spiro atoms. The van der Waals surface area contributed by atoms with E-state index in [4.69, 9.17) is 35.1 Å². The van der Waals surface area contributed by atoms with Gasteiger partial charge in [-0.15, -0.1) is 0 Å². The van der Waals surface area contributed by atoms with Crippen molar-refractivity contribution in [2.75, 3.05) is 6.61 Å². The van der Waals surface area contributed by atoms with E-state index in [1.165, 1.54) is 6.92 Å². The van der Waals surface area contributed by atoms with E-state index in [1.54, 1.807) is 0 Å². The van der Waals surface area contributed by atoms with Crippen LogP contribution in [0.1, 0.15) is 20.8 Å². The fourth-order valence-electron chi connectivity index (χ4n) is 0.153. The maximum atomic E-state index is 9.00. The Bertz CT molecular complexity index is 146. The molecule has 0 aromatic rings. The van der Waals surface area contributed by atoms with Gasteiger partial charge in [0.15, 0.2) is 0 Å². The molecule has 5 N–H and O–H groups in total. The molecule has 15 heavy (non-hydrogen) atoms. The highest BCUT2D eigenvalue weighted by atomic mass is 16.4. The van der Waals surface area contributed by atoms with Crippen molar-refractivity contribution in [2.45, 2.75) is 33.0 Å². The van der Waals surface area contributed by atoms with Crippen molar-refractivity contribution in [1.82, 2.24) is 0 Å². The number of aliphatic carboxylic acids is 2. The van der Waals surface area contributed by atoms with E-state index in [9.17, 15) is 0 Å². The maximum Gasteiger partial charge on any atom is 0.300 e. The molecule has 7 nitrogen and oxygen atoms in total. The predicted molar refractivity (Wildman–Crippen MR) is 51.4 cm³/mol. The Labute approximate surface area is 87.6 Å². The van der Waals surface area contributed by atoms with Gasteiger partial charge >= 0.3 is 0 Å². The molecular weight excluding hydrogens is 208 g/mol. The number of aliphatic hydroxyl groups is 3. The van der Waals surface area contributed by atoms with E-state index in [-0.39, 0.29) is 6.61 Å². The highest BCUT2D eigenvalue weighted by Crippen LogP contribution is 1.87. The maximum absolute atomic E-state index is 9.00. The van der Waals surface area contributed by atoms with Gasteiger partial charge in [0, 0.05) is 13.8 Å². The monoisotopic (exact) mass is 226 g/mol. The summed E-state index contributed by atoms with van der Waals surface area (Å²) in [6.07, 6.45) is -1.81. The first kappa shape index (κ1) is 19.4. The van der Waals surface area contributed by atoms with Gasteiger partial charge in [0.1, 0.15) is 6.10 Å². The van der Waals surface area contributed by atoms with Crippen molar-refractivity contribution < 1.29 is 35.1 Å². The molecule has 0 aliphatic heterocycles. The van der Waals surface area contributed by atoms with Crippen LogP contribution in [-0.4, -0.2) is 56.3 Å². The predicted octanol–water partition coefficient (Wildman–Crippen LogP) is -1.10. The molecule has 0 fully saturated rings. The molecule has 0 saturated heterocycles. The summed E-state index contributed by atoms with van der Waals surface area (Å²) < 4.78 is 0. The quantitative estimate of drug-likeness (QED) is 0.403. The van der Waals surface area contributed by atoms with Crippen LogP contribution in [0.5, 0.6) is 0 Å². The molecule has 0 heterocycles. The van der Waals surface area contributed by atoms with Crippen LogP contribution in [0.3, 0.4) is 0 Å². The minimum atomic E-state index is -0.986. The molecule has 2 atom stereocenters. The smallest absolute Gasteiger partial charge is 0.300 e. The normalized spacial score (nSPS) is 12.1. The SMILES string of the molecule is CC(=O)O.CC(=O)O.CC(O)C(O)CO. The molecule has 0 saturated carbocycles. The lowest BCUT2D eigenvalue weighted by molar-refractivity contribution is -0.135. The summed E-state index contributed by atoms with van der Waals surface area (Å²) in [5, 5.41) is 39.8. The van der Waals surface area contributed by atoms with Gasteiger partial charge in [-0.3, -0.25) is 9.59 Å². The summed E-state index contributed by atoms with van der Waals surface area (Å²) in [5.74, 6) is -1.67. The fourth-order valence-corrected chi connectivity index (χ4v) is 0.153. The van der Waals surface area contributed by atoms with Crippen LogP contribution in [0.25, 0.3) is 0 Å². The number of carbonyl (C=O) groups is 2. The summed E-state index contributed by atoms with van der Waals surface area (Å²) in [4.78, 5) is 18.0. The first-order chi connectivity index (χ1) is 6.64. The van der Waals surface area contributed by atoms with Crippen LogP contribution >= 0.6 is 0 Å². The standard InChI is InChI=1S/C4H10O3.2C2H4O2/c1-3(6)4(7)2-5;2*1-2(3)4/h3-7H,2H2,1H3;2*1H3,(H,3,4). The molecular formula is C8H18O7. The highest BCUT2D eigenvalue weighted by Gasteiger charge is 2.06. The van der Waals surface area contributed by atoms with Gasteiger partial charge in [0.25, 0.3) is 11.9 Å². The van der Waals surface area contributed by atoms with E-state index in [0.717, 1.165) is 13.8 Å². The molecule has 0 aliphatic carbocycles. The number of hydrogen-bond donors (Lipinski definition) is 5. The van der Waals surface area contributed by atoms with E-state index < -0.39 is 24.1 Å². The van der Waals surface area contributed by atoms with Crippen LogP contribution in [-0.2, 0) is 9.59 Å². The Morgan fingerprint density at radius 1 is 1.07 bits per heavy atom. The van der Waals surface area contributed by atoms with Gasteiger partial charge in [-0.2, -0.15) is 0 Å². The molecule has 0 aromatic carbocycles. The van der Waals surface area contributed by atoms with Crippen LogP contribution in [0.15, 0.2) is 0 Å². The molecule has 0 aromatic heterocycles. The zero-order valence-corrected chi connectivity index (χ0v) is 8.91. The molecule has 0 amide bonds. The Hall–Kier alpha value is -1.18. The number of carboxylic acids is 2. The Morgan fingerprint density at radius 3 is 1.27 bits per heavy atom. The van der Waals surface area contributed by atoms with E-state index in [1.807, 2.05) is 0 Å². The topological polar surface area (TPSA) is 135 Å². The summed E-state index contributed by atoms with van der Waals surface area (Å²) in [7, 11) is 0. The van der Waals surface area contributed by atoms with E-state index in [2.05, 4.69) is 0 Å². The van der Waals surface area contributed by atoms with Crippen LogP contribution in [0, 0.1) is 0 Å². The second-order valence-electron chi connectivity index (χ2n) is 2.53. The molecule has 92 valence electrons. The van der Waals surface area contributed by atoms with Gasteiger partial charge in [-0.25, -0.2) is 0 Å². The Balaban J connectivity index is -0.000000155. The van der Waals surface area contributed by atoms with Gasteiger partial charge in [0.2, 0.25) is 0 Å². The highest BCUT2D eigenvalue weighted by molar-refractivity contribution is 5.63. The number of aliphatic hydroxyl groups excluding tert-OH is 3. The average molecular weight is 226 g/mol. The summed E-state index contributed by atoms with van der Waals surface area (Å²) in [6, 6.07) is 0. The lowest BCUT2D eigenvalue weighted by Crippen LogP contribution is -2.25. The Kier molecular flexibility index (Phi) is 16.6. The third-order valence-electron chi connectivity index (χ3n) is 0.744. The lowest BCUT2D eigenvalue weighted by Gasteiger charge is -2.07. The van der Waals surface area contributed by atoms with Crippen LogP contribution in [0.4, 0.5) is 0 Å². The van der Waals surface area contributed by atoms with E-state index >= 15 is 0 Å². The molecule has 2 unspecified atom stereocenters. The first-order valence-electron chi connectivity index (χ1n) is 4.01. The zero-order chi connectivity index (χ0) is 13.0. The number of carboxylic acid groups (broad SMARTS) is 2. The molecule has 7 heteroatoms. The van der Waals surface area contributed by atoms with Crippen molar-refractivity contribution in [3.8, 4) is 0 Å². The van der Waals surface area contributed by atoms with Crippen molar-refractivity contribution in [2.24, 2.45) is 0 Å². The van der Waals surface area contributed by atoms with Crippen molar-refractivity contribution >= 4 is 11.9 Å². The Morgan fingerprint density at radius 2 is 1.27 bits per heavy atom. The van der Waals surface area contributed by atoms with Gasteiger partial charge in [0.05, 0.1) is 12.7 Å². The van der Waals surface area contributed by atoms with Crippen molar-refractivity contribution in [3.63, 3.8) is 0 Å². The number of rotatable bonds is 2. The molecule has 0 radical (unpaired) electrons. The molecule has 0 rings (SSSR count). The van der Waals surface area contributed by atoms with Crippen LogP contribution in [0.2, 0.25) is 0 Å². The van der Waals surface area contributed by atoms with Gasteiger partial charge in [-0.1, -0.05) is 0 Å². The van der Waals surface area contributed by atoms with Crippen molar-refractivity contribution in [3.05, 3.63) is 0 Å². The third-order valence-corrected chi connectivity index (χ3v) is 0.744. The van der Waals surface area contributed by atoms with E-state index in [0.29, 0.717) is 0 Å². The minimum absolute atomic E-state index is 0.377. The third kappa shape index (κ3) is 64.6. The van der Waals surface area contributed by atoms with Crippen LogP contribution < -0.4 is 0 Å². The lowest BCUT2D eigenvalue weighted by atomic mass is 10.2. The summed E-state index contributed by atoms with van der Waals surface area (Å²) in [6.45, 7) is 3.21. The second kappa shape index (κ2) is 12.8. The summed E-state index contributed by atoms with van der Waals surface area (Å²) >= 11 is 0. The fraction of sp³-hybridized carbons (Fsp3) is 0.750. The number of hydrogen-bond acceptors (Lipinski definition) is 5. The first-order valence-corrected chi connectivity index (χ1v) is 4.01. The average Bonchev–Trinajstić information content (AvgIpc) is 2.00. The second-order valence-corrected chi connectivity index (χ2v) is 2.53. The molecule has 0 aliphatic rings. The van der Waals surface area contributed by atoms with Gasteiger partial charge in [-0.05, 0) is 6.92 Å².